The zero-order chi connectivity index (χ0) is 21.5. The first-order chi connectivity index (χ1) is 14.2. The van der Waals surface area contributed by atoms with Gasteiger partial charge in [0.2, 0.25) is 11.9 Å². The molecule has 1 N–H and O–H groups in total. The Bertz CT molecular complexity index is 814. The number of hydrogen-bond acceptors (Lipinski definition) is 6. The van der Waals surface area contributed by atoms with Gasteiger partial charge in [-0.15, -0.1) is 0 Å². The molecule has 30 heavy (non-hydrogen) atoms. The second kappa shape index (κ2) is 8.01. The van der Waals surface area contributed by atoms with Crippen molar-refractivity contribution in [2.24, 2.45) is 0 Å². The largest absolute Gasteiger partial charge is 0.434 e. The molecular weight excluding hydrogens is 403 g/mol. The average Bonchev–Trinajstić information content (AvgIpc) is 2.99. The first-order valence-electron chi connectivity index (χ1n) is 10.1. The van der Waals surface area contributed by atoms with E-state index in [0.29, 0.717) is 12.8 Å². The highest BCUT2D eigenvalue weighted by Gasteiger charge is 2.43. The van der Waals surface area contributed by atoms with Crippen LogP contribution in [0.5, 0.6) is 0 Å². The molecule has 1 unspecified atom stereocenters. The minimum Gasteiger partial charge on any atom is -0.378 e. The maximum Gasteiger partial charge on any atom is 0.434 e. The number of anilines is 1. The van der Waals surface area contributed by atoms with Gasteiger partial charge in [-0.2, -0.15) is 13.2 Å². The van der Waals surface area contributed by atoms with Crippen LogP contribution in [0.3, 0.4) is 0 Å². The monoisotopic (exact) mass is 427 g/mol. The normalized spacial score (nSPS) is 26.6. The standard InChI is InChI=1S/C19H24F3N5O3/c1-11(28)27-13-2-3-14(27)9-12(8-13)24-18-23-10-15(16(25-18)19(20,21)22)17(29)26-4-6-30-7-5-26/h10,12-14H,2-9H2,1H3,(H,23,24,25)/t12?,13-,14+. The fourth-order valence-electron chi connectivity index (χ4n) is 4.75. The average molecular weight is 427 g/mol. The fourth-order valence-corrected chi connectivity index (χ4v) is 4.75. The van der Waals surface area contributed by atoms with E-state index in [4.69, 9.17) is 4.74 Å². The summed E-state index contributed by atoms with van der Waals surface area (Å²) < 4.78 is 46.1. The molecule has 0 spiro atoms. The summed E-state index contributed by atoms with van der Waals surface area (Å²) >= 11 is 0. The number of hydrogen-bond donors (Lipinski definition) is 1. The van der Waals surface area contributed by atoms with Gasteiger partial charge in [0.25, 0.3) is 5.91 Å². The fraction of sp³-hybridized carbons (Fsp3) is 0.684. The summed E-state index contributed by atoms with van der Waals surface area (Å²) in [5, 5.41) is 2.99. The van der Waals surface area contributed by atoms with Gasteiger partial charge in [0.05, 0.1) is 18.8 Å². The summed E-state index contributed by atoms with van der Waals surface area (Å²) in [5.74, 6) is -0.867. The van der Waals surface area contributed by atoms with Crippen LogP contribution >= 0.6 is 0 Å². The summed E-state index contributed by atoms with van der Waals surface area (Å²) in [7, 11) is 0. The maximum atomic E-state index is 13.7. The highest BCUT2D eigenvalue weighted by Crippen LogP contribution is 2.37. The summed E-state index contributed by atoms with van der Waals surface area (Å²) in [4.78, 5) is 35.3. The van der Waals surface area contributed by atoms with Crippen molar-refractivity contribution in [1.82, 2.24) is 19.8 Å². The molecule has 0 radical (unpaired) electrons. The number of carbonyl (C=O) groups is 2. The number of alkyl halides is 3. The van der Waals surface area contributed by atoms with Crippen LogP contribution < -0.4 is 5.32 Å². The van der Waals surface area contributed by atoms with E-state index in [0.717, 1.165) is 19.0 Å². The van der Waals surface area contributed by atoms with Crippen molar-refractivity contribution < 1.29 is 27.5 Å². The van der Waals surface area contributed by atoms with Crippen LogP contribution in [0.4, 0.5) is 19.1 Å². The molecule has 1 aromatic rings. The molecule has 1 aromatic heterocycles. The van der Waals surface area contributed by atoms with E-state index in [1.54, 1.807) is 6.92 Å². The molecule has 0 aromatic carbocycles. The molecule has 8 nitrogen and oxygen atoms in total. The molecule has 2 amide bonds. The van der Waals surface area contributed by atoms with Crippen molar-refractivity contribution in [3.05, 3.63) is 17.5 Å². The molecule has 3 fully saturated rings. The second-order valence-electron chi connectivity index (χ2n) is 7.98. The van der Waals surface area contributed by atoms with Crippen molar-refractivity contribution in [3.8, 4) is 0 Å². The number of halogens is 3. The number of ether oxygens (including phenoxy) is 1. The van der Waals surface area contributed by atoms with Crippen LogP contribution in [-0.2, 0) is 15.7 Å². The molecule has 2 bridgehead atoms. The van der Waals surface area contributed by atoms with Crippen LogP contribution in [0.1, 0.15) is 48.7 Å². The third-order valence-corrected chi connectivity index (χ3v) is 6.02. The smallest absolute Gasteiger partial charge is 0.378 e. The van der Waals surface area contributed by atoms with Gasteiger partial charge in [0.1, 0.15) is 0 Å². The van der Waals surface area contributed by atoms with Crippen LogP contribution in [0.15, 0.2) is 6.20 Å². The molecule has 3 saturated heterocycles. The lowest BCUT2D eigenvalue weighted by Gasteiger charge is -2.38. The van der Waals surface area contributed by atoms with Crippen LogP contribution in [0.2, 0.25) is 0 Å². The molecule has 0 saturated carbocycles. The van der Waals surface area contributed by atoms with Crippen LogP contribution in [0.25, 0.3) is 0 Å². The third-order valence-electron chi connectivity index (χ3n) is 6.02. The molecule has 4 rings (SSSR count). The Morgan fingerprint density at radius 1 is 1.17 bits per heavy atom. The lowest BCUT2D eigenvalue weighted by Crippen LogP contribution is -2.49. The maximum absolute atomic E-state index is 13.7. The quantitative estimate of drug-likeness (QED) is 0.793. The third kappa shape index (κ3) is 4.07. The first-order valence-corrected chi connectivity index (χ1v) is 10.1. The minimum atomic E-state index is -4.78. The number of rotatable bonds is 3. The summed E-state index contributed by atoms with van der Waals surface area (Å²) in [5.41, 5.74) is -1.79. The zero-order valence-corrected chi connectivity index (χ0v) is 16.6. The number of morpholine rings is 1. The van der Waals surface area contributed by atoms with Crippen molar-refractivity contribution in [3.63, 3.8) is 0 Å². The number of amides is 2. The van der Waals surface area contributed by atoms with Gasteiger partial charge in [0, 0.05) is 44.3 Å². The van der Waals surface area contributed by atoms with E-state index in [1.165, 1.54) is 4.90 Å². The van der Waals surface area contributed by atoms with Crippen molar-refractivity contribution in [2.45, 2.75) is 56.9 Å². The van der Waals surface area contributed by atoms with Gasteiger partial charge in [-0.1, -0.05) is 0 Å². The predicted octanol–water partition coefficient (Wildman–Crippen LogP) is 1.92. The van der Waals surface area contributed by atoms with E-state index < -0.39 is 23.3 Å². The Morgan fingerprint density at radius 2 is 1.80 bits per heavy atom. The minimum absolute atomic E-state index is 0.0301. The highest BCUT2D eigenvalue weighted by atomic mass is 19.4. The van der Waals surface area contributed by atoms with Gasteiger partial charge in [0.15, 0.2) is 5.69 Å². The van der Waals surface area contributed by atoms with Crippen molar-refractivity contribution >= 4 is 17.8 Å². The van der Waals surface area contributed by atoms with Gasteiger partial charge < -0.3 is 19.9 Å². The summed E-state index contributed by atoms with van der Waals surface area (Å²) in [6, 6.07) is 0.0472. The lowest BCUT2D eigenvalue weighted by molar-refractivity contribution is -0.141. The molecule has 3 atom stereocenters. The van der Waals surface area contributed by atoms with E-state index in [9.17, 15) is 22.8 Å². The summed E-state index contributed by atoms with van der Waals surface area (Å²) in [6.07, 6.45) is -0.776. The zero-order valence-electron chi connectivity index (χ0n) is 16.6. The van der Waals surface area contributed by atoms with Crippen molar-refractivity contribution in [1.29, 1.82) is 0 Å². The van der Waals surface area contributed by atoms with Gasteiger partial charge in [-0.05, 0) is 25.7 Å². The first kappa shape index (κ1) is 20.8. The Morgan fingerprint density at radius 3 is 2.37 bits per heavy atom. The Kier molecular flexibility index (Phi) is 5.56. The molecule has 11 heteroatoms. The van der Waals surface area contributed by atoms with Gasteiger partial charge in [-0.25, -0.2) is 9.97 Å². The topological polar surface area (TPSA) is 87.7 Å². The summed E-state index contributed by atoms with van der Waals surface area (Å²) in [6.45, 7) is 2.58. The molecule has 3 aliphatic heterocycles. The molecule has 4 heterocycles. The van der Waals surface area contributed by atoms with Gasteiger partial charge >= 0.3 is 6.18 Å². The molecule has 0 aliphatic carbocycles. The SMILES string of the molecule is CC(=O)N1[C@@H]2CC[C@H]1CC(Nc1ncc(C(=O)N3CCOCC3)c(C(F)(F)F)n1)C2. The highest BCUT2D eigenvalue weighted by molar-refractivity contribution is 5.95. The van der Waals surface area contributed by atoms with E-state index in [2.05, 4.69) is 15.3 Å². The molecule has 3 aliphatic rings. The Hall–Kier alpha value is -2.43. The van der Waals surface area contributed by atoms with Gasteiger partial charge in [-0.3, -0.25) is 9.59 Å². The lowest BCUT2D eigenvalue weighted by atomic mass is 9.97. The number of nitrogens with one attached hydrogen (secondary N) is 1. The van der Waals surface area contributed by atoms with E-state index >= 15 is 0 Å². The second-order valence-corrected chi connectivity index (χ2v) is 7.98. The number of aromatic nitrogens is 2. The Labute approximate surface area is 171 Å². The Balaban J connectivity index is 1.52. The number of piperidine rings is 1. The van der Waals surface area contributed by atoms with E-state index in [-0.39, 0.29) is 56.3 Å². The number of nitrogens with zero attached hydrogens (tertiary/aromatic N) is 4. The number of carbonyl (C=O) groups excluding carboxylic acids is 2. The number of fused-ring (bicyclic) bond motifs is 2. The molecule has 164 valence electrons. The van der Waals surface area contributed by atoms with E-state index in [1.807, 2.05) is 4.90 Å². The predicted molar refractivity (Wildman–Crippen MR) is 99.7 cm³/mol. The van der Waals surface area contributed by atoms with Crippen molar-refractivity contribution in [2.75, 3.05) is 31.6 Å². The van der Waals surface area contributed by atoms with Crippen LogP contribution in [-0.4, -0.2) is 76.0 Å². The molecular formula is C19H24F3N5O3. The van der Waals surface area contributed by atoms with Crippen LogP contribution in [0, 0.1) is 0 Å².